The summed E-state index contributed by atoms with van der Waals surface area (Å²) in [6, 6.07) is 125. The van der Waals surface area contributed by atoms with E-state index < -0.39 is 0 Å². The second-order valence-corrected chi connectivity index (χ2v) is 28.8. The van der Waals surface area contributed by atoms with Gasteiger partial charge in [0.15, 0.2) is 34.9 Å². The summed E-state index contributed by atoms with van der Waals surface area (Å²) in [5.41, 5.74) is 25.8. The Bertz CT molecular complexity index is 6530. The van der Waals surface area contributed by atoms with Gasteiger partial charge in [-0.1, -0.05) is 367 Å². The lowest BCUT2D eigenvalue weighted by atomic mass is 9.79. The van der Waals surface area contributed by atoms with Crippen LogP contribution in [0, 0.1) is 0 Å². The standard InChI is InChI=1S/2C50H35N3/c1-50(2)45-25-11-10-22-42(45)44-29-28-41-40(23-13-24-43(41)46(44)50)39-21-9-8-20-38(39)35-18-12-19-36(31-35)48-51-47(33-15-4-3-5-16-33)52-49(53-48)37-27-26-32-14-6-7-17-34(32)30-37;1-50(2)45-29-13-12-24-40(45)42-31-30-39-37(26-15-27-41(39)46(42)50)35-21-8-9-22-36(35)38-23-10-11-25-44(38)49-52-47(33-17-4-3-5-18-33)51-48(53-49)43-28-14-19-32-16-6-7-20-34(32)43/h2*3-31H,1-2H3. The number of benzene rings is 16. The Balaban J connectivity index is 0.000000145. The number of rotatable bonds is 10. The molecule has 2 aliphatic carbocycles. The molecule has 0 saturated carbocycles. The average molecular weight is 1360 g/mol. The molecular formula is C100H70N6. The third kappa shape index (κ3) is 10.9. The van der Waals surface area contributed by atoms with Gasteiger partial charge in [0, 0.05) is 44.2 Å². The summed E-state index contributed by atoms with van der Waals surface area (Å²) >= 11 is 0. The number of nitrogens with zero attached hydrogens (tertiary/aromatic N) is 6. The molecule has 0 N–H and O–H groups in total. The van der Waals surface area contributed by atoms with Crippen molar-refractivity contribution in [2.45, 2.75) is 38.5 Å². The molecule has 500 valence electrons. The van der Waals surface area contributed by atoms with Crippen LogP contribution in [-0.2, 0) is 10.8 Å². The first-order chi connectivity index (χ1) is 52.1. The van der Waals surface area contributed by atoms with Crippen LogP contribution in [0.25, 0.3) is 178 Å². The molecule has 18 aromatic rings. The molecule has 2 aromatic heterocycles. The third-order valence-electron chi connectivity index (χ3n) is 21.9. The number of aromatic nitrogens is 6. The van der Waals surface area contributed by atoms with Crippen LogP contribution in [0.2, 0.25) is 0 Å². The number of fused-ring (bicyclic) bond motifs is 12. The van der Waals surface area contributed by atoms with Crippen LogP contribution >= 0.6 is 0 Å². The summed E-state index contributed by atoms with van der Waals surface area (Å²) in [7, 11) is 0. The van der Waals surface area contributed by atoms with Crippen molar-refractivity contribution in [1.82, 2.24) is 29.9 Å². The Kier molecular flexibility index (Phi) is 15.5. The van der Waals surface area contributed by atoms with Gasteiger partial charge in [0.05, 0.1) is 0 Å². The van der Waals surface area contributed by atoms with E-state index in [-0.39, 0.29) is 10.8 Å². The molecular weight excluding hydrogens is 1290 g/mol. The first-order valence-electron chi connectivity index (χ1n) is 36.4. The Morgan fingerprint density at radius 2 is 0.509 bits per heavy atom. The van der Waals surface area contributed by atoms with Crippen LogP contribution in [0.1, 0.15) is 49.9 Å². The molecule has 6 nitrogen and oxygen atoms in total. The molecule has 2 heterocycles. The lowest BCUT2D eigenvalue weighted by molar-refractivity contribution is 0.666. The molecule has 20 rings (SSSR count). The summed E-state index contributed by atoms with van der Waals surface area (Å²) < 4.78 is 0. The Labute approximate surface area is 616 Å². The Morgan fingerprint density at radius 1 is 0.170 bits per heavy atom. The Hall–Kier alpha value is -13.4. The third-order valence-corrected chi connectivity index (χ3v) is 21.9. The summed E-state index contributed by atoms with van der Waals surface area (Å²) in [6.45, 7) is 9.44. The van der Waals surface area contributed by atoms with Crippen molar-refractivity contribution in [3.8, 4) is 135 Å². The van der Waals surface area contributed by atoms with E-state index in [9.17, 15) is 0 Å². The first-order valence-corrected chi connectivity index (χ1v) is 36.4. The van der Waals surface area contributed by atoms with E-state index in [0.29, 0.717) is 34.9 Å². The largest absolute Gasteiger partial charge is 0.208 e. The van der Waals surface area contributed by atoms with Crippen molar-refractivity contribution < 1.29 is 0 Å². The molecule has 0 aliphatic heterocycles. The maximum atomic E-state index is 5.24. The van der Waals surface area contributed by atoms with Crippen LogP contribution in [0.5, 0.6) is 0 Å². The normalized spacial score (nSPS) is 12.9. The molecule has 0 spiro atoms. The zero-order chi connectivity index (χ0) is 71.0. The highest BCUT2D eigenvalue weighted by atomic mass is 15.0. The highest BCUT2D eigenvalue weighted by Crippen LogP contribution is 2.55. The van der Waals surface area contributed by atoms with Gasteiger partial charge >= 0.3 is 0 Å². The number of hydrogen-bond acceptors (Lipinski definition) is 6. The predicted octanol–water partition coefficient (Wildman–Crippen LogP) is 25.6. The van der Waals surface area contributed by atoms with Gasteiger partial charge in [0.2, 0.25) is 0 Å². The zero-order valence-electron chi connectivity index (χ0n) is 59.2. The van der Waals surface area contributed by atoms with Gasteiger partial charge in [-0.15, -0.1) is 0 Å². The minimum atomic E-state index is -0.104. The van der Waals surface area contributed by atoms with E-state index in [1.807, 2.05) is 36.4 Å². The fourth-order valence-electron chi connectivity index (χ4n) is 16.9. The molecule has 0 atom stereocenters. The fraction of sp³-hybridized carbons (Fsp3) is 0.0600. The predicted molar refractivity (Wildman–Crippen MR) is 439 cm³/mol. The van der Waals surface area contributed by atoms with E-state index in [4.69, 9.17) is 29.9 Å². The SMILES string of the molecule is CC1(C)c2ccccc2-c2ccc3c(-c4ccccc4-c4cccc(-c5nc(-c6ccccc6)nc(-c6ccc7ccccc7c6)n5)c4)cccc3c21.CC1(C)c2ccccc2-c2ccc3c(-c4ccccc4-c4ccccc4-c4nc(-c5ccccc5)nc(-c5cccc6ccccc56)n4)cccc3c21. The lowest BCUT2D eigenvalue weighted by Gasteiger charge is -2.24. The molecule has 16 aromatic carbocycles. The van der Waals surface area contributed by atoms with Crippen LogP contribution in [0.4, 0.5) is 0 Å². The van der Waals surface area contributed by atoms with Crippen LogP contribution < -0.4 is 0 Å². The molecule has 6 heteroatoms. The summed E-state index contributed by atoms with van der Waals surface area (Å²) in [6.07, 6.45) is 0. The van der Waals surface area contributed by atoms with E-state index >= 15 is 0 Å². The zero-order valence-corrected chi connectivity index (χ0v) is 59.2. The molecule has 2 aliphatic rings. The molecule has 0 saturated heterocycles. The van der Waals surface area contributed by atoms with Crippen molar-refractivity contribution in [3.05, 3.63) is 374 Å². The lowest BCUT2D eigenvalue weighted by Crippen LogP contribution is -2.15. The molecule has 0 radical (unpaired) electrons. The van der Waals surface area contributed by atoms with Gasteiger partial charge in [-0.25, -0.2) is 29.9 Å². The summed E-state index contributed by atoms with van der Waals surface area (Å²) in [5.74, 6) is 3.89. The van der Waals surface area contributed by atoms with Gasteiger partial charge in [0.25, 0.3) is 0 Å². The van der Waals surface area contributed by atoms with Gasteiger partial charge in [-0.2, -0.15) is 0 Å². The Morgan fingerprint density at radius 3 is 1.08 bits per heavy atom. The van der Waals surface area contributed by atoms with Crippen molar-refractivity contribution >= 4 is 43.1 Å². The maximum Gasteiger partial charge on any atom is 0.164 e. The van der Waals surface area contributed by atoms with Crippen molar-refractivity contribution in [3.63, 3.8) is 0 Å². The molecule has 0 fully saturated rings. The molecule has 0 bridgehead atoms. The molecule has 106 heavy (non-hydrogen) atoms. The summed E-state index contributed by atoms with van der Waals surface area (Å²) in [4.78, 5) is 30.7. The molecule has 0 unspecified atom stereocenters. The summed E-state index contributed by atoms with van der Waals surface area (Å²) in [5, 5.41) is 9.72. The van der Waals surface area contributed by atoms with E-state index in [0.717, 1.165) is 71.8 Å². The highest BCUT2D eigenvalue weighted by Gasteiger charge is 2.38. The minimum absolute atomic E-state index is 0.0905. The maximum absolute atomic E-state index is 5.24. The van der Waals surface area contributed by atoms with Gasteiger partial charge in [0.1, 0.15) is 0 Å². The fourth-order valence-corrected chi connectivity index (χ4v) is 16.9. The second kappa shape index (κ2) is 25.8. The first kappa shape index (κ1) is 63.5. The smallest absolute Gasteiger partial charge is 0.164 e. The van der Waals surface area contributed by atoms with Crippen LogP contribution in [0.3, 0.4) is 0 Å². The monoisotopic (exact) mass is 1350 g/mol. The van der Waals surface area contributed by atoms with Crippen molar-refractivity contribution in [1.29, 1.82) is 0 Å². The number of hydrogen-bond donors (Lipinski definition) is 0. The average Bonchev–Trinajstić information content (AvgIpc) is 1.55. The van der Waals surface area contributed by atoms with Gasteiger partial charge < -0.3 is 0 Å². The van der Waals surface area contributed by atoms with E-state index in [2.05, 4.69) is 343 Å². The van der Waals surface area contributed by atoms with Gasteiger partial charge in [-0.05, 0) is 144 Å². The quantitative estimate of drug-likeness (QED) is 0.136. The van der Waals surface area contributed by atoms with E-state index in [1.54, 1.807) is 0 Å². The molecule has 0 amide bonds. The van der Waals surface area contributed by atoms with E-state index in [1.165, 1.54) is 93.7 Å². The highest BCUT2D eigenvalue weighted by molar-refractivity contribution is 6.09. The minimum Gasteiger partial charge on any atom is -0.208 e. The van der Waals surface area contributed by atoms with Crippen LogP contribution in [0.15, 0.2) is 352 Å². The van der Waals surface area contributed by atoms with Crippen LogP contribution in [-0.4, -0.2) is 29.9 Å². The van der Waals surface area contributed by atoms with Crippen molar-refractivity contribution in [2.75, 3.05) is 0 Å². The second-order valence-electron chi connectivity index (χ2n) is 28.8. The topological polar surface area (TPSA) is 77.3 Å². The van der Waals surface area contributed by atoms with Crippen molar-refractivity contribution in [2.24, 2.45) is 0 Å². The van der Waals surface area contributed by atoms with Gasteiger partial charge in [-0.3, -0.25) is 0 Å².